The van der Waals surface area contributed by atoms with Crippen molar-refractivity contribution in [3.05, 3.63) is 65.7 Å². The molecule has 0 bridgehead atoms. The molecule has 2 aromatic carbocycles. The summed E-state index contributed by atoms with van der Waals surface area (Å²) in [5, 5.41) is 2.84. The molecular weight excluding hydrogens is 374 g/mol. The topological polar surface area (TPSA) is 75.4 Å². The summed E-state index contributed by atoms with van der Waals surface area (Å²) >= 11 is 0. The quantitative estimate of drug-likeness (QED) is 0.728. The van der Waals surface area contributed by atoms with Crippen LogP contribution in [-0.2, 0) is 9.59 Å². The number of nitrogens with one attached hydrogen (secondary N) is 1. The summed E-state index contributed by atoms with van der Waals surface area (Å²) < 4.78 is 0. The Labute approximate surface area is 172 Å². The summed E-state index contributed by atoms with van der Waals surface area (Å²) in [4.78, 5) is 26.9. The lowest BCUT2D eigenvalue weighted by Crippen LogP contribution is -2.39. The fraction of sp³-hybridized carbons (Fsp3) is 0.364. The number of rotatable bonds is 6. The summed E-state index contributed by atoms with van der Waals surface area (Å²) in [5.41, 5.74) is 9.16. The highest BCUT2D eigenvalue weighted by atomic mass is 35.5. The first-order valence-corrected chi connectivity index (χ1v) is 9.47. The number of anilines is 1. The maximum atomic E-state index is 12.7. The van der Waals surface area contributed by atoms with Gasteiger partial charge in [-0.2, -0.15) is 0 Å². The van der Waals surface area contributed by atoms with Gasteiger partial charge in [0.15, 0.2) is 0 Å². The van der Waals surface area contributed by atoms with Crippen LogP contribution in [0.2, 0.25) is 0 Å². The van der Waals surface area contributed by atoms with Crippen molar-refractivity contribution in [1.29, 1.82) is 0 Å². The van der Waals surface area contributed by atoms with Crippen LogP contribution in [0, 0.1) is 5.92 Å². The number of nitrogens with zero attached hydrogens (tertiary/aromatic N) is 1. The average molecular weight is 402 g/mol. The number of nitrogens with two attached hydrogens (primary N) is 1. The van der Waals surface area contributed by atoms with Crippen molar-refractivity contribution in [2.45, 2.75) is 32.2 Å². The monoisotopic (exact) mass is 401 g/mol. The van der Waals surface area contributed by atoms with Gasteiger partial charge in [0.1, 0.15) is 5.92 Å². The van der Waals surface area contributed by atoms with Gasteiger partial charge in [-0.25, -0.2) is 0 Å². The summed E-state index contributed by atoms with van der Waals surface area (Å²) in [6.07, 6.45) is 0.525. The van der Waals surface area contributed by atoms with E-state index < -0.39 is 5.92 Å². The lowest BCUT2D eigenvalue weighted by Gasteiger charge is -2.18. The summed E-state index contributed by atoms with van der Waals surface area (Å²) in [6.45, 7) is 5.14. The van der Waals surface area contributed by atoms with Gasteiger partial charge in [0.25, 0.3) is 0 Å². The van der Waals surface area contributed by atoms with Crippen molar-refractivity contribution in [2.24, 2.45) is 11.7 Å². The Kier molecular flexibility index (Phi) is 7.61. The normalized spacial score (nSPS) is 17.4. The summed E-state index contributed by atoms with van der Waals surface area (Å²) in [5.74, 6) is -0.579. The van der Waals surface area contributed by atoms with Gasteiger partial charge in [-0.05, 0) is 35.6 Å². The van der Waals surface area contributed by atoms with E-state index >= 15 is 0 Å². The van der Waals surface area contributed by atoms with Crippen molar-refractivity contribution < 1.29 is 9.59 Å². The fourth-order valence-electron chi connectivity index (χ4n) is 3.37. The van der Waals surface area contributed by atoms with Crippen LogP contribution in [-0.4, -0.2) is 24.9 Å². The predicted octanol–water partition coefficient (Wildman–Crippen LogP) is 3.40. The Hall–Kier alpha value is -2.37. The molecule has 1 aliphatic rings. The van der Waals surface area contributed by atoms with Crippen molar-refractivity contribution in [3.8, 4) is 0 Å². The Balaban J connectivity index is 0.00000280. The zero-order chi connectivity index (χ0) is 19.4. The predicted molar refractivity (Wildman–Crippen MR) is 115 cm³/mol. The van der Waals surface area contributed by atoms with Gasteiger partial charge in [0.2, 0.25) is 11.8 Å². The lowest BCUT2D eigenvalue weighted by molar-refractivity contribution is -0.132. The molecule has 0 aliphatic carbocycles. The Bertz CT molecular complexity index is 793. The van der Waals surface area contributed by atoms with Gasteiger partial charge in [0, 0.05) is 24.8 Å². The zero-order valence-corrected chi connectivity index (χ0v) is 17.1. The smallest absolute Gasteiger partial charge is 0.239 e. The highest BCUT2D eigenvalue weighted by Gasteiger charge is 2.37. The van der Waals surface area contributed by atoms with Crippen molar-refractivity contribution >= 4 is 29.9 Å². The van der Waals surface area contributed by atoms with Crippen LogP contribution in [0.4, 0.5) is 5.69 Å². The van der Waals surface area contributed by atoms with E-state index in [1.165, 1.54) is 5.56 Å². The van der Waals surface area contributed by atoms with Crippen LogP contribution in [0.3, 0.4) is 0 Å². The molecular formula is C22H28ClN3O2. The second kappa shape index (κ2) is 9.71. The molecule has 1 heterocycles. The maximum absolute atomic E-state index is 12.7. The van der Waals surface area contributed by atoms with E-state index in [-0.39, 0.29) is 30.3 Å². The van der Waals surface area contributed by atoms with Crippen LogP contribution >= 0.6 is 12.4 Å². The minimum Gasteiger partial charge on any atom is -0.354 e. The van der Waals surface area contributed by atoms with Crippen LogP contribution in [0.15, 0.2) is 54.6 Å². The molecule has 3 N–H and O–H groups in total. The maximum Gasteiger partial charge on any atom is 0.239 e. The van der Waals surface area contributed by atoms with Crippen LogP contribution < -0.4 is 16.0 Å². The molecule has 6 heteroatoms. The number of benzene rings is 2. The fourth-order valence-corrected chi connectivity index (χ4v) is 3.37. The first-order chi connectivity index (χ1) is 13.0. The number of amides is 2. The molecule has 1 fully saturated rings. The van der Waals surface area contributed by atoms with Gasteiger partial charge in [-0.3, -0.25) is 9.59 Å². The largest absolute Gasteiger partial charge is 0.354 e. The van der Waals surface area contributed by atoms with Crippen molar-refractivity contribution in [3.63, 3.8) is 0 Å². The average Bonchev–Trinajstić information content (AvgIpc) is 3.08. The molecule has 3 rings (SSSR count). The van der Waals surface area contributed by atoms with Gasteiger partial charge in [-0.15, -0.1) is 12.4 Å². The number of hydrogen-bond acceptors (Lipinski definition) is 3. The first kappa shape index (κ1) is 21.9. The van der Waals surface area contributed by atoms with Crippen molar-refractivity contribution in [1.82, 2.24) is 5.32 Å². The first-order valence-electron chi connectivity index (χ1n) is 9.47. The zero-order valence-electron chi connectivity index (χ0n) is 16.3. The molecule has 1 aliphatic heterocycles. The number of halogens is 1. The highest BCUT2D eigenvalue weighted by Crippen LogP contribution is 2.27. The molecule has 2 atom stereocenters. The van der Waals surface area contributed by atoms with Gasteiger partial charge in [-0.1, -0.05) is 56.3 Å². The number of carbonyl (C=O) groups excluding carboxylic acids is 2. The minimum atomic E-state index is -0.641. The van der Waals surface area contributed by atoms with E-state index in [9.17, 15) is 9.59 Å². The van der Waals surface area contributed by atoms with E-state index in [4.69, 9.17) is 5.73 Å². The Morgan fingerprint density at radius 2 is 1.75 bits per heavy atom. The molecule has 5 nitrogen and oxygen atoms in total. The van der Waals surface area contributed by atoms with E-state index in [0.717, 1.165) is 11.3 Å². The molecule has 2 aromatic rings. The third-order valence-corrected chi connectivity index (χ3v) is 5.12. The number of hydrogen-bond donors (Lipinski definition) is 2. The second-order valence-electron chi connectivity index (χ2n) is 7.34. The van der Waals surface area contributed by atoms with E-state index in [2.05, 4.69) is 19.2 Å². The third kappa shape index (κ3) is 4.91. The van der Waals surface area contributed by atoms with Crippen molar-refractivity contribution in [2.75, 3.05) is 18.0 Å². The summed E-state index contributed by atoms with van der Waals surface area (Å²) in [6, 6.07) is 17.3. The molecule has 0 radical (unpaired) electrons. The highest BCUT2D eigenvalue weighted by molar-refractivity contribution is 6.09. The molecule has 150 valence electrons. The Morgan fingerprint density at radius 1 is 1.11 bits per heavy atom. The molecule has 0 aromatic heterocycles. The second-order valence-corrected chi connectivity index (χ2v) is 7.34. The van der Waals surface area contributed by atoms with Gasteiger partial charge < -0.3 is 16.0 Å². The molecule has 1 saturated heterocycles. The summed E-state index contributed by atoms with van der Waals surface area (Å²) in [7, 11) is 0. The third-order valence-electron chi connectivity index (χ3n) is 5.12. The molecule has 2 unspecified atom stereocenters. The van der Waals surface area contributed by atoms with E-state index in [0.29, 0.717) is 25.4 Å². The van der Waals surface area contributed by atoms with Crippen LogP contribution in [0.5, 0.6) is 0 Å². The van der Waals surface area contributed by atoms with Crippen LogP contribution in [0.1, 0.15) is 43.4 Å². The Morgan fingerprint density at radius 3 is 2.36 bits per heavy atom. The SMILES string of the molecule is CC(C)c1ccc(N2CCC(C(=O)NCC(N)c3ccccc3)C2=O)cc1.Cl. The minimum absolute atomic E-state index is 0. The van der Waals surface area contributed by atoms with Gasteiger partial charge in [0.05, 0.1) is 0 Å². The molecule has 0 saturated carbocycles. The van der Waals surface area contributed by atoms with Crippen LogP contribution in [0.25, 0.3) is 0 Å². The van der Waals surface area contributed by atoms with E-state index in [1.807, 2.05) is 54.6 Å². The van der Waals surface area contributed by atoms with Gasteiger partial charge >= 0.3 is 0 Å². The molecule has 0 spiro atoms. The molecule has 2 amide bonds. The van der Waals surface area contributed by atoms with E-state index in [1.54, 1.807) is 4.90 Å². The number of carbonyl (C=O) groups is 2. The standard InChI is InChI=1S/C22H27N3O2.ClH/c1-15(2)16-8-10-18(11-9-16)25-13-12-19(22(25)27)21(26)24-14-20(23)17-6-4-3-5-7-17;/h3-11,15,19-20H,12-14,23H2,1-2H3,(H,24,26);1H. The lowest BCUT2D eigenvalue weighted by atomic mass is 10.0. The molecule has 28 heavy (non-hydrogen) atoms.